The second-order valence-electron chi connectivity index (χ2n) is 7.01. The molecule has 1 aromatic carbocycles. The number of carbonyl (C=O) groups excluding carboxylic acids is 1. The molecule has 0 aromatic heterocycles. The summed E-state index contributed by atoms with van der Waals surface area (Å²) >= 11 is 0. The number of benzene rings is 1. The molecule has 0 saturated carbocycles. The third-order valence-electron chi connectivity index (χ3n) is 6.33. The van der Waals surface area contributed by atoms with Gasteiger partial charge in [-0.15, -0.1) is 6.58 Å². The molecule has 3 heterocycles. The molecular formula is C19H24N2O. The topological polar surface area (TPSA) is 32.3 Å². The van der Waals surface area contributed by atoms with Crippen LogP contribution in [0.25, 0.3) is 0 Å². The van der Waals surface area contributed by atoms with Gasteiger partial charge in [0.05, 0.1) is 0 Å². The van der Waals surface area contributed by atoms with E-state index in [0.717, 1.165) is 32.2 Å². The fraction of sp³-hybridized carbons (Fsp3) is 0.526. The third kappa shape index (κ3) is 1.44. The minimum Gasteiger partial charge on any atom is -0.361 e. The van der Waals surface area contributed by atoms with E-state index in [1.165, 1.54) is 11.3 Å². The Balaban J connectivity index is 1.92. The highest BCUT2D eigenvalue weighted by molar-refractivity contribution is 5.86. The second-order valence-corrected chi connectivity index (χ2v) is 7.01. The predicted octanol–water partition coefficient (Wildman–Crippen LogP) is 3.89. The summed E-state index contributed by atoms with van der Waals surface area (Å²) in [6.07, 6.45) is 6.98. The Labute approximate surface area is 132 Å². The van der Waals surface area contributed by atoms with Crippen molar-refractivity contribution >= 4 is 11.6 Å². The van der Waals surface area contributed by atoms with Crippen LogP contribution in [0.3, 0.4) is 0 Å². The van der Waals surface area contributed by atoms with Crippen LogP contribution in [0.15, 0.2) is 36.9 Å². The molecule has 3 aliphatic rings. The fourth-order valence-corrected chi connectivity index (χ4v) is 5.41. The molecule has 22 heavy (non-hydrogen) atoms. The van der Waals surface area contributed by atoms with Crippen LogP contribution < -0.4 is 5.32 Å². The Hall–Kier alpha value is -1.77. The Morgan fingerprint density at radius 3 is 3.05 bits per heavy atom. The maximum absolute atomic E-state index is 12.7. The first-order chi connectivity index (χ1) is 10.7. The fourth-order valence-electron chi connectivity index (χ4n) is 5.41. The first-order valence-electron chi connectivity index (χ1n) is 8.47. The molecule has 1 amide bonds. The van der Waals surface area contributed by atoms with Crippen LogP contribution in [0, 0.1) is 5.41 Å². The van der Waals surface area contributed by atoms with Gasteiger partial charge in [0.15, 0.2) is 0 Å². The highest BCUT2D eigenvalue weighted by atomic mass is 16.2. The van der Waals surface area contributed by atoms with Crippen molar-refractivity contribution in [2.24, 2.45) is 5.41 Å². The maximum atomic E-state index is 12.7. The Morgan fingerprint density at radius 2 is 2.27 bits per heavy atom. The zero-order valence-electron chi connectivity index (χ0n) is 13.3. The van der Waals surface area contributed by atoms with Gasteiger partial charge < -0.3 is 10.2 Å². The average Bonchev–Trinajstić information content (AvgIpc) is 2.99. The number of piperidine rings is 1. The van der Waals surface area contributed by atoms with Gasteiger partial charge in [0.1, 0.15) is 5.66 Å². The van der Waals surface area contributed by atoms with E-state index in [4.69, 9.17) is 0 Å². The second kappa shape index (κ2) is 4.61. The van der Waals surface area contributed by atoms with Gasteiger partial charge in [0, 0.05) is 30.0 Å². The van der Waals surface area contributed by atoms with E-state index < -0.39 is 0 Å². The van der Waals surface area contributed by atoms with Crippen LogP contribution in [0.5, 0.6) is 0 Å². The van der Waals surface area contributed by atoms with Gasteiger partial charge in [-0.3, -0.25) is 4.79 Å². The van der Waals surface area contributed by atoms with Gasteiger partial charge in [-0.2, -0.15) is 0 Å². The zero-order chi connectivity index (χ0) is 15.4. The smallest absolute Gasteiger partial charge is 0.225 e. The van der Waals surface area contributed by atoms with Gasteiger partial charge >= 0.3 is 0 Å². The lowest BCUT2D eigenvalue weighted by Crippen LogP contribution is -2.65. The van der Waals surface area contributed by atoms with Gasteiger partial charge in [-0.05, 0) is 37.3 Å². The number of hydrogen-bond donors (Lipinski definition) is 1. The monoisotopic (exact) mass is 296 g/mol. The zero-order valence-corrected chi connectivity index (χ0v) is 13.3. The Morgan fingerprint density at radius 1 is 1.45 bits per heavy atom. The summed E-state index contributed by atoms with van der Waals surface area (Å²) in [4.78, 5) is 14.9. The minimum atomic E-state index is -0.241. The lowest BCUT2D eigenvalue weighted by Gasteiger charge is -2.56. The lowest BCUT2D eigenvalue weighted by molar-refractivity contribution is -0.138. The predicted molar refractivity (Wildman–Crippen MR) is 88.6 cm³/mol. The summed E-state index contributed by atoms with van der Waals surface area (Å²) in [7, 11) is 0. The van der Waals surface area contributed by atoms with Crippen molar-refractivity contribution < 1.29 is 4.79 Å². The molecule has 0 radical (unpaired) electrons. The van der Waals surface area contributed by atoms with E-state index in [9.17, 15) is 4.79 Å². The quantitative estimate of drug-likeness (QED) is 0.858. The van der Waals surface area contributed by atoms with Gasteiger partial charge in [0.2, 0.25) is 5.91 Å². The summed E-state index contributed by atoms with van der Waals surface area (Å²) in [5, 5.41) is 3.83. The SMILES string of the molecule is C=CC[C@]1(CC)CCCN2C(=O)C[C@H]3c4ccccc4N[C@]321. The number of fused-ring (bicyclic) bond motifs is 2. The molecule has 0 aliphatic carbocycles. The molecule has 2 fully saturated rings. The molecule has 0 bridgehead atoms. The molecule has 3 heteroatoms. The average molecular weight is 296 g/mol. The highest BCUT2D eigenvalue weighted by Crippen LogP contribution is 2.63. The van der Waals surface area contributed by atoms with E-state index in [1.54, 1.807) is 0 Å². The molecule has 2 saturated heterocycles. The van der Waals surface area contributed by atoms with Crippen LogP contribution >= 0.6 is 0 Å². The van der Waals surface area contributed by atoms with Crippen LogP contribution in [-0.2, 0) is 4.79 Å². The first-order valence-corrected chi connectivity index (χ1v) is 8.47. The minimum absolute atomic E-state index is 0.0862. The summed E-state index contributed by atoms with van der Waals surface area (Å²) in [5.74, 6) is 0.588. The van der Waals surface area contributed by atoms with Crippen molar-refractivity contribution in [2.75, 3.05) is 11.9 Å². The summed E-state index contributed by atoms with van der Waals surface area (Å²) < 4.78 is 0. The largest absolute Gasteiger partial charge is 0.361 e. The standard InChI is InChI=1S/C19H24N2O/c1-3-10-18(4-2)11-7-12-21-17(22)13-15-14-8-5-6-9-16(14)20-19(15,18)21/h3,5-6,8-9,15,20H,1,4,7,10-13H2,2H3/t15-,18+,19+/m0/s1. The molecule has 1 aromatic rings. The molecule has 3 nitrogen and oxygen atoms in total. The van der Waals surface area contributed by atoms with Crippen molar-refractivity contribution in [3.63, 3.8) is 0 Å². The normalized spacial score (nSPS) is 35.6. The van der Waals surface area contributed by atoms with Crippen molar-refractivity contribution in [1.82, 2.24) is 4.90 Å². The number of allylic oxidation sites excluding steroid dienone is 1. The first kappa shape index (κ1) is 13.9. The number of anilines is 1. The molecule has 1 spiro atoms. The number of carbonyl (C=O) groups is 1. The molecular weight excluding hydrogens is 272 g/mol. The summed E-state index contributed by atoms with van der Waals surface area (Å²) in [5.41, 5.74) is 2.38. The Kier molecular flexibility index (Phi) is 2.91. The van der Waals surface area contributed by atoms with Crippen LogP contribution in [0.1, 0.15) is 50.5 Å². The van der Waals surface area contributed by atoms with Crippen molar-refractivity contribution in [3.8, 4) is 0 Å². The molecule has 3 aliphatic heterocycles. The van der Waals surface area contributed by atoms with Gasteiger partial charge in [-0.1, -0.05) is 31.2 Å². The number of nitrogens with one attached hydrogen (secondary N) is 1. The number of hydrogen-bond acceptors (Lipinski definition) is 2. The van der Waals surface area contributed by atoms with Crippen molar-refractivity contribution in [2.45, 2.75) is 50.6 Å². The lowest BCUT2D eigenvalue weighted by atomic mass is 9.61. The van der Waals surface area contributed by atoms with Gasteiger partial charge in [-0.25, -0.2) is 0 Å². The number of rotatable bonds is 3. The molecule has 1 N–H and O–H groups in total. The molecule has 116 valence electrons. The van der Waals surface area contributed by atoms with E-state index in [0.29, 0.717) is 12.3 Å². The Bertz CT molecular complexity index is 640. The van der Waals surface area contributed by atoms with Crippen molar-refractivity contribution in [1.29, 1.82) is 0 Å². The highest BCUT2D eigenvalue weighted by Gasteiger charge is 2.67. The van der Waals surface area contributed by atoms with Crippen LogP contribution in [0.4, 0.5) is 5.69 Å². The number of nitrogens with zero attached hydrogens (tertiary/aromatic N) is 1. The van der Waals surface area contributed by atoms with E-state index in [-0.39, 0.29) is 17.0 Å². The number of para-hydroxylation sites is 1. The summed E-state index contributed by atoms with van der Waals surface area (Å²) in [6.45, 7) is 7.16. The van der Waals surface area contributed by atoms with E-state index in [1.807, 2.05) is 6.08 Å². The summed E-state index contributed by atoms with van der Waals surface area (Å²) in [6, 6.07) is 8.53. The molecule has 4 rings (SSSR count). The van der Waals surface area contributed by atoms with E-state index in [2.05, 4.69) is 48.0 Å². The maximum Gasteiger partial charge on any atom is 0.225 e. The molecule has 0 unspecified atom stereocenters. The van der Waals surface area contributed by atoms with Gasteiger partial charge in [0.25, 0.3) is 0 Å². The van der Waals surface area contributed by atoms with Crippen LogP contribution in [-0.4, -0.2) is 23.0 Å². The number of amides is 1. The van der Waals surface area contributed by atoms with Crippen LogP contribution in [0.2, 0.25) is 0 Å². The van der Waals surface area contributed by atoms with Crippen molar-refractivity contribution in [3.05, 3.63) is 42.5 Å². The molecule has 3 atom stereocenters. The third-order valence-corrected chi connectivity index (χ3v) is 6.33. The van der Waals surface area contributed by atoms with E-state index >= 15 is 0 Å².